The van der Waals surface area contributed by atoms with Crippen LogP contribution < -0.4 is 25.0 Å². The SMILES string of the molecule is CC1(C)CCC(CN2CCN(c3ccc(C(=O)NS(=O)(=O)c4ccc(NC[C@H]5CC[C@@H](N6CCNCC6)CC5)c([N+](=O)[O-])c4)c(Oc4cnc5[nH]ccc5c4)c3)CC2)=C(c2ccc(Cl)cc2)C1. The number of nitrogens with zero attached hydrogens (tertiary/aromatic N) is 5. The molecule has 4 aliphatic rings. The number of benzene rings is 3. The van der Waals surface area contributed by atoms with Crippen LogP contribution in [0.4, 0.5) is 17.1 Å². The van der Waals surface area contributed by atoms with E-state index in [0.717, 1.165) is 126 Å². The Morgan fingerprint density at radius 3 is 2.46 bits per heavy atom. The number of pyridine rings is 1. The van der Waals surface area contributed by atoms with Gasteiger partial charge in [-0.3, -0.25) is 24.7 Å². The number of aromatic nitrogens is 2. The molecular weight excluding hydrogens is 890 g/mol. The van der Waals surface area contributed by atoms with Crippen LogP contribution in [0, 0.1) is 21.4 Å². The standard InChI is InChI=1S/C50H60ClN9O6S/c1-50(2)17-15-37(44(30-50)35-5-7-38(51)8-6-35)33-57-23-25-59(26-24-57)40-11-13-43(47(28-40)66-41-27-36-16-18-53-48(36)55-32-41)49(61)56-67(64,65)42-12-14-45(46(29-42)60(62)63)54-31-34-3-9-39(10-4-34)58-21-19-52-20-22-58/h5-8,11-14,16,18,27-29,32,34,39,52,54H,3-4,9-10,15,17,19-26,30-31,33H2,1-2H3,(H,53,55)(H,56,61)/t34-,39+. The average Bonchev–Trinajstić information content (AvgIpc) is 3.80. The van der Waals surface area contributed by atoms with E-state index in [0.29, 0.717) is 29.9 Å². The summed E-state index contributed by atoms with van der Waals surface area (Å²) < 4.78 is 36.2. The van der Waals surface area contributed by atoms with Gasteiger partial charge in [-0.15, -0.1) is 0 Å². The van der Waals surface area contributed by atoms with Crippen molar-refractivity contribution in [1.29, 1.82) is 0 Å². The van der Waals surface area contributed by atoms with Gasteiger partial charge in [0, 0.05) is 106 Å². The fourth-order valence-corrected chi connectivity index (χ4v) is 11.3. The van der Waals surface area contributed by atoms with Crippen LogP contribution in [0.3, 0.4) is 0 Å². The highest BCUT2D eigenvalue weighted by Crippen LogP contribution is 2.44. The molecular formula is C50H60ClN9O6S. The molecule has 0 radical (unpaired) electrons. The summed E-state index contributed by atoms with van der Waals surface area (Å²) >= 11 is 6.26. The van der Waals surface area contributed by atoms with Crippen LogP contribution in [0.1, 0.15) is 74.7 Å². The zero-order valence-corrected chi connectivity index (χ0v) is 39.8. The normalized spacial score (nSPS) is 20.7. The highest BCUT2D eigenvalue weighted by Gasteiger charge is 2.31. The Morgan fingerprint density at radius 2 is 1.72 bits per heavy atom. The molecule has 17 heteroatoms. The first-order valence-corrected chi connectivity index (χ1v) is 25.4. The van der Waals surface area contributed by atoms with Gasteiger partial charge in [0.05, 0.1) is 21.6 Å². The lowest BCUT2D eigenvalue weighted by molar-refractivity contribution is -0.384. The molecule has 0 unspecified atom stereocenters. The topological polar surface area (TPSA) is 178 Å². The molecule has 2 aliphatic heterocycles. The zero-order chi connectivity index (χ0) is 46.7. The van der Waals surface area contributed by atoms with Crippen molar-refractivity contribution < 1.29 is 22.9 Å². The number of sulfonamides is 1. The number of carbonyl (C=O) groups is 1. The van der Waals surface area contributed by atoms with Gasteiger partial charge >= 0.3 is 0 Å². The van der Waals surface area contributed by atoms with E-state index in [1.165, 1.54) is 35.0 Å². The van der Waals surface area contributed by atoms with Crippen molar-refractivity contribution in [3.05, 3.63) is 117 Å². The smallest absolute Gasteiger partial charge is 0.293 e. The second kappa shape index (κ2) is 20.0. The molecule has 9 rings (SSSR count). The van der Waals surface area contributed by atoms with E-state index in [2.05, 4.69) is 66.0 Å². The summed E-state index contributed by atoms with van der Waals surface area (Å²) in [7, 11) is -4.56. The molecule has 15 nitrogen and oxygen atoms in total. The van der Waals surface area contributed by atoms with Crippen LogP contribution in [0.15, 0.2) is 95.7 Å². The van der Waals surface area contributed by atoms with Gasteiger partial charge in [0.15, 0.2) is 0 Å². The lowest BCUT2D eigenvalue weighted by atomic mass is 9.72. The summed E-state index contributed by atoms with van der Waals surface area (Å²) in [4.78, 5) is 40.1. The molecule has 1 amide bonds. The maximum atomic E-state index is 14.0. The van der Waals surface area contributed by atoms with E-state index < -0.39 is 25.7 Å². The third-order valence-corrected chi connectivity index (χ3v) is 15.7. The fourth-order valence-electron chi connectivity index (χ4n) is 10.2. The summed E-state index contributed by atoms with van der Waals surface area (Å²) in [6, 6.07) is 21.2. The largest absolute Gasteiger partial charge is 0.455 e. The molecule has 4 heterocycles. The van der Waals surface area contributed by atoms with Crippen molar-refractivity contribution in [2.75, 3.05) is 75.7 Å². The number of anilines is 2. The quantitative estimate of drug-likeness (QED) is 0.0616. The van der Waals surface area contributed by atoms with E-state index in [1.54, 1.807) is 30.5 Å². The first-order chi connectivity index (χ1) is 32.3. The number of piperazine rings is 2. The summed E-state index contributed by atoms with van der Waals surface area (Å²) in [5, 5.41) is 20.5. The van der Waals surface area contributed by atoms with Crippen molar-refractivity contribution in [3.8, 4) is 11.5 Å². The van der Waals surface area contributed by atoms with E-state index >= 15 is 0 Å². The minimum Gasteiger partial charge on any atom is -0.455 e. The summed E-state index contributed by atoms with van der Waals surface area (Å²) in [5.74, 6) is -0.0950. The molecule has 2 aliphatic carbocycles. The predicted molar refractivity (Wildman–Crippen MR) is 264 cm³/mol. The van der Waals surface area contributed by atoms with Gasteiger partial charge in [-0.2, -0.15) is 0 Å². The molecule has 5 aromatic rings. The number of nitro benzene ring substituents is 1. The predicted octanol–water partition coefficient (Wildman–Crippen LogP) is 8.70. The Morgan fingerprint density at radius 1 is 0.955 bits per heavy atom. The molecule has 3 aromatic carbocycles. The fraction of sp³-hybridized carbons (Fsp3) is 0.440. The Balaban J connectivity index is 0.890. The maximum Gasteiger partial charge on any atom is 0.293 e. The Bertz CT molecular complexity index is 2740. The zero-order valence-electron chi connectivity index (χ0n) is 38.2. The van der Waals surface area contributed by atoms with Gasteiger partial charge in [-0.1, -0.05) is 43.2 Å². The second-order valence-electron chi connectivity index (χ2n) is 19.3. The number of carbonyl (C=O) groups excluding carboxylic acids is 1. The first kappa shape index (κ1) is 46.6. The first-order valence-electron chi connectivity index (χ1n) is 23.5. The van der Waals surface area contributed by atoms with E-state index in [4.69, 9.17) is 16.3 Å². The Hall–Kier alpha value is -5.52. The van der Waals surface area contributed by atoms with Gasteiger partial charge in [0.1, 0.15) is 22.8 Å². The summed E-state index contributed by atoms with van der Waals surface area (Å²) in [5.41, 5.74) is 5.65. The lowest BCUT2D eigenvalue weighted by Crippen LogP contribution is -2.49. The van der Waals surface area contributed by atoms with Crippen LogP contribution in [0.25, 0.3) is 16.6 Å². The molecule has 2 saturated heterocycles. The number of ether oxygens (including phenoxy) is 1. The van der Waals surface area contributed by atoms with Crippen LogP contribution in [0.2, 0.25) is 5.02 Å². The van der Waals surface area contributed by atoms with Crippen molar-refractivity contribution in [1.82, 2.24) is 29.8 Å². The molecule has 354 valence electrons. The number of amides is 1. The Kier molecular flexibility index (Phi) is 13.9. The minimum absolute atomic E-state index is 0.0264. The molecule has 0 bridgehead atoms. The van der Waals surface area contributed by atoms with Gasteiger partial charge in [-0.05, 0) is 116 Å². The van der Waals surface area contributed by atoms with Gasteiger partial charge < -0.3 is 25.3 Å². The number of fused-ring (bicyclic) bond motifs is 1. The molecule has 3 fully saturated rings. The number of aromatic amines is 1. The van der Waals surface area contributed by atoms with Crippen molar-refractivity contribution in [3.63, 3.8) is 0 Å². The Labute approximate surface area is 397 Å². The highest BCUT2D eigenvalue weighted by atomic mass is 35.5. The summed E-state index contributed by atoms with van der Waals surface area (Å²) in [6.45, 7) is 13.4. The van der Waals surface area contributed by atoms with Gasteiger partial charge in [0.25, 0.3) is 21.6 Å². The van der Waals surface area contributed by atoms with Crippen molar-refractivity contribution in [2.45, 2.75) is 69.7 Å². The lowest BCUT2D eigenvalue weighted by Gasteiger charge is -2.39. The average molecular weight is 951 g/mol. The number of rotatable bonds is 14. The second-order valence-corrected chi connectivity index (χ2v) is 21.4. The van der Waals surface area contributed by atoms with E-state index in [1.807, 2.05) is 18.2 Å². The van der Waals surface area contributed by atoms with Crippen LogP contribution in [-0.2, 0) is 10.0 Å². The molecule has 0 spiro atoms. The van der Waals surface area contributed by atoms with Crippen molar-refractivity contribution >= 4 is 61.2 Å². The number of H-pyrrole nitrogens is 1. The molecule has 2 aromatic heterocycles. The molecule has 67 heavy (non-hydrogen) atoms. The van der Waals surface area contributed by atoms with Gasteiger partial charge in [-0.25, -0.2) is 18.1 Å². The van der Waals surface area contributed by atoms with Crippen LogP contribution in [0.5, 0.6) is 11.5 Å². The molecule has 4 N–H and O–H groups in total. The number of halogens is 1. The van der Waals surface area contributed by atoms with Crippen molar-refractivity contribution in [2.24, 2.45) is 11.3 Å². The number of hydrogen-bond donors (Lipinski definition) is 4. The summed E-state index contributed by atoms with van der Waals surface area (Å²) in [6.07, 6.45) is 10.7. The molecule has 1 saturated carbocycles. The van der Waals surface area contributed by atoms with E-state index in [9.17, 15) is 23.3 Å². The third kappa shape index (κ3) is 11.1. The number of nitrogens with one attached hydrogen (secondary N) is 4. The molecule has 0 atom stereocenters. The number of hydrogen-bond acceptors (Lipinski definition) is 12. The van der Waals surface area contributed by atoms with E-state index in [-0.39, 0.29) is 28.1 Å². The van der Waals surface area contributed by atoms with Crippen LogP contribution in [-0.4, -0.2) is 111 Å². The number of nitro groups is 1. The minimum atomic E-state index is -4.56. The monoisotopic (exact) mass is 949 g/mol. The maximum absolute atomic E-state index is 14.0. The highest BCUT2D eigenvalue weighted by molar-refractivity contribution is 7.90. The number of allylic oxidation sites excluding steroid dienone is 1. The van der Waals surface area contributed by atoms with Crippen LogP contribution >= 0.6 is 11.6 Å². The van der Waals surface area contributed by atoms with Gasteiger partial charge in [0.2, 0.25) is 0 Å². The third-order valence-electron chi connectivity index (χ3n) is 14.1.